The average molecular weight is 237 g/mol. The van der Waals surface area contributed by atoms with Gasteiger partial charge in [-0.2, -0.15) is 0 Å². The lowest BCUT2D eigenvalue weighted by Gasteiger charge is -2.19. The van der Waals surface area contributed by atoms with Crippen LogP contribution in [-0.4, -0.2) is 30.3 Å². The van der Waals surface area contributed by atoms with Gasteiger partial charge in [-0.1, -0.05) is 32.0 Å². The van der Waals surface area contributed by atoms with Crippen molar-refractivity contribution in [2.45, 2.75) is 19.9 Å². The summed E-state index contributed by atoms with van der Waals surface area (Å²) in [6, 6.07) is 8.93. The molecule has 0 saturated carbocycles. The van der Waals surface area contributed by atoms with Crippen LogP contribution in [0.3, 0.4) is 0 Å². The van der Waals surface area contributed by atoms with Gasteiger partial charge in [0, 0.05) is 0 Å². The fourth-order valence-electron chi connectivity index (χ4n) is 1.34. The first-order chi connectivity index (χ1) is 8.13. The highest BCUT2D eigenvalue weighted by Gasteiger charge is 2.14. The standard InChI is InChI=1S/C13H19NO3/c1-10(2)12(8-15)14-13(16)9-17-11-6-4-3-5-7-11/h3-7,10,12,15H,8-9H2,1-2H3,(H,14,16). The molecule has 0 bridgehead atoms. The summed E-state index contributed by atoms with van der Waals surface area (Å²) >= 11 is 0. The van der Waals surface area contributed by atoms with E-state index >= 15 is 0 Å². The largest absolute Gasteiger partial charge is 0.484 e. The van der Waals surface area contributed by atoms with Gasteiger partial charge in [-0.25, -0.2) is 0 Å². The van der Waals surface area contributed by atoms with Gasteiger partial charge in [-0.3, -0.25) is 4.79 Å². The molecule has 0 heterocycles. The number of rotatable bonds is 6. The second-order valence-electron chi connectivity index (χ2n) is 4.20. The Morgan fingerprint density at radius 2 is 2.00 bits per heavy atom. The van der Waals surface area contributed by atoms with Gasteiger partial charge < -0.3 is 15.2 Å². The molecule has 0 saturated heterocycles. The number of aliphatic hydroxyl groups is 1. The zero-order valence-electron chi connectivity index (χ0n) is 10.2. The lowest BCUT2D eigenvalue weighted by molar-refractivity contribution is -0.124. The highest BCUT2D eigenvalue weighted by molar-refractivity contribution is 5.77. The minimum atomic E-state index is -0.221. The van der Waals surface area contributed by atoms with Crippen LogP contribution in [0, 0.1) is 5.92 Å². The van der Waals surface area contributed by atoms with Gasteiger partial charge in [0.25, 0.3) is 5.91 Å². The summed E-state index contributed by atoms with van der Waals surface area (Å²) in [6.07, 6.45) is 0. The molecule has 0 spiro atoms. The summed E-state index contributed by atoms with van der Waals surface area (Å²) in [5, 5.41) is 11.8. The topological polar surface area (TPSA) is 58.6 Å². The first-order valence-electron chi connectivity index (χ1n) is 5.71. The SMILES string of the molecule is CC(C)C(CO)NC(=O)COc1ccccc1. The van der Waals surface area contributed by atoms with E-state index in [2.05, 4.69) is 5.32 Å². The number of hydrogen-bond donors (Lipinski definition) is 2. The molecule has 1 rings (SSSR count). The molecule has 4 heteroatoms. The van der Waals surface area contributed by atoms with Crippen molar-refractivity contribution in [1.82, 2.24) is 5.32 Å². The highest BCUT2D eigenvalue weighted by Crippen LogP contribution is 2.07. The Balaban J connectivity index is 2.35. The van der Waals surface area contributed by atoms with Gasteiger partial charge >= 0.3 is 0 Å². The molecule has 0 aliphatic carbocycles. The average Bonchev–Trinajstić information content (AvgIpc) is 2.34. The maximum absolute atomic E-state index is 11.5. The molecular formula is C13H19NO3. The van der Waals surface area contributed by atoms with E-state index in [0.717, 1.165) is 0 Å². The third kappa shape index (κ3) is 4.87. The fraction of sp³-hybridized carbons (Fsp3) is 0.462. The molecule has 4 nitrogen and oxygen atoms in total. The Labute approximate surface area is 102 Å². The molecule has 0 aromatic heterocycles. The number of carbonyl (C=O) groups is 1. The van der Waals surface area contributed by atoms with Crippen molar-refractivity contribution in [3.8, 4) is 5.75 Å². The summed E-state index contributed by atoms with van der Waals surface area (Å²) in [5.74, 6) is 0.634. The third-order valence-corrected chi connectivity index (χ3v) is 2.46. The Hall–Kier alpha value is -1.55. The fourth-order valence-corrected chi connectivity index (χ4v) is 1.34. The van der Waals surface area contributed by atoms with Crippen LogP contribution in [0.2, 0.25) is 0 Å². The minimum Gasteiger partial charge on any atom is -0.484 e. The van der Waals surface area contributed by atoms with E-state index in [1.165, 1.54) is 0 Å². The summed E-state index contributed by atoms with van der Waals surface area (Å²) in [7, 11) is 0. The molecule has 17 heavy (non-hydrogen) atoms. The van der Waals surface area contributed by atoms with Crippen molar-refractivity contribution in [3.63, 3.8) is 0 Å². The first-order valence-corrected chi connectivity index (χ1v) is 5.71. The number of para-hydroxylation sites is 1. The molecule has 1 atom stereocenters. The van der Waals surface area contributed by atoms with E-state index in [-0.39, 0.29) is 31.1 Å². The predicted octanol–water partition coefficient (Wildman–Crippen LogP) is 1.20. The van der Waals surface area contributed by atoms with Crippen LogP contribution in [0.1, 0.15) is 13.8 Å². The van der Waals surface area contributed by atoms with Crippen LogP contribution in [0.15, 0.2) is 30.3 Å². The van der Waals surface area contributed by atoms with Crippen LogP contribution in [0.5, 0.6) is 5.75 Å². The van der Waals surface area contributed by atoms with E-state index in [9.17, 15) is 4.79 Å². The molecular weight excluding hydrogens is 218 g/mol. The van der Waals surface area contributed by atoms with Crippen molar-refractivity contribution < 1.29 is 14.6 Å². The summed E-state index contributed by atoms with van der Waals surface area (Å²) in [5.41, 5.74) is 0. The zero-order valence-corrected chi connectivity index (χ0v) is 10.2. The molecule has 2 N–H and O–H groups in total. The van der Waals surface area contributed by atoms with Crippen LogP contribution >= 0.6 is 0 Å². The molecule has 0 radical (unpaired) electrons. The number of aliphatic hydroxyl groups excluding tert-OH is 1. The number of ether oxygens (including phenoxy) is 1. The zero-order chi connectivity index (χ0) is 12.7. The summed E-state index contributed by atoms with van der Waals surface area (Å²) in [4.78, 5) is 11.5. The van der Waals surface area contributed by atoms with Crippen LogP contribution < -0.4 is 10.1 Å². The second-order valence-corrected chi connectivity index (χ2v) is 4.20. The summed E-state index contributed by atoms with van der Waals surface area (Å²) < 4.78 is 5.30. The van der Waals surface area contributed by atoms with E-state index in [4.69, 9.17) is 9.84 Å². The molecule has 0 fully saturated rings. The Morgan fingerprint density at radius 1 is 1.35 bits per heavy atom. The van der Waals surface area contributed by atoms with Gasteiger partial charge in [0.1, 0.15) is 5.75 Å². The lowest BCUT2D eigenvalue weighted by atomic mass is 10.1. The number of nitrogens with one attached hydrogen (secondary N) is 1. The Morgan fingerprint density at radius 3 is 2.53 bits per heavy atom. The quantitative estimate of drug-likeness (QED) is 0.781. The van der Waals surface area contributed by atoms with Crippen LogP contribution in [0.25, 0.3) is 0 Å². The van der Waals surface area contributed by atoms with Gasteiger partial charge in [-0.15, -0.1) is 0 Å². The van der Waals surface area contributed by atoms with Gasteiger partial charge in [0.05, 0.1) is 12.6 Å². The second kappa shape index (κ2) is 6.91. The van der Waals surface area contributed by atoms with E-state index in [0.29, 0.717) is 5.75 Å². The first kappa shape index (κ1) is 13.5. The van der Waals surface area contributed by atoms with Gasteiger partial charge in [-0.05, 0) is 18.1 Å². The molecule has 1 amide bonds. The van der Waals surface area contributed by atoms with E-state index in [1.807, 2.05) is 32.0 Å². The van der Waals surface area contributed by atoms with Crippen LogP contribution in [-0.2, 0) is 4.79 Å². The minimum absolute atomic E-state index is 0.0345. The molecule has 1 aromatic carbocycles. The summed E-state index contributed by atoms with van der Waals surface area (Å²) in [6.45, 7) is 3.79. The maximum atomic E-state index is 11.5. The van der Waals surface area contributed by atoms with Crippen molar-refractivity contribution in [1.29, 1.82) is 0 Å². The molecule has 0 aliphatic heterocycles. The van der Waals surface area contributed by atoms with Crippen molar-refractivity contribution in [2.75, 3.05) is 13.2 Å². The third-order valence-electron chi connectivity index (χ3n) is 2.46. The van der Waals surface area contributed by atoms with Gasteiger partial charge in [0.15, 0.2) is 6.61 Å². The van der Waals surface area contributed by atoms with Crippen molar-refractivity contribution in [2.24, 2.45) is 5.92 Å². The number of benzene rings is 1. The van der Waals surface area contributed by atoms with Crippen molar-refractivity contribution in [3.05, 3.63) is 30.3 Å². The Kier molecular flexibility index (Phi) is 5.49. The lowest BCUT2D eigenvalue weighted by Crippen LogP contribution is -2.43. The molecule has 1 aromatic rings. The number of amides is 1. The normalized spacial score (nSPS) is 12.2. The predicted molar refractivity (Wildman–Crippen MR) is 65.8 cm³/mol. The monoisotopic (exact) mass is 237 g/mol. The molecule has 94 valence electrons. The van der Waals surface area contributed by atoms with Crippen molar-refractivity contribution >= 4 is 5.91 Å². The molecule has 0 aliphatic rings. The molecule has 1 unspecified atom stereocenters. The Bertz CT molecular complexity index is 338. The van der Waals surface area contributed by atoms with E-state index in [1.54, 1.807) is 12.1 Å². The number of hydrogen-bond acceptors (Lipinski definition) is 3. The number of carbonyl (C=O) groups excluding carboxylic acids is 1. The smallest absolute Gasteiger partial charge is 0.258 e. The van der Waals surface area contributed by atoms with E-state index < -0.39 is 0 Å². The highest BCUT2D eigenvalue weighted by atomic mass is 16.5. The maximum Gasteiger partial charge on any atom is 0.258 e. The van der Waals surface area contributed by atoms with Gasteiger partial charge in [0.2, 0.25) is 0 Å². The van der Waals surface area contributed by atoms with Crippen LogP contribution in [0.4, 0.5) is 0 Å².